The van der Waals surface area contributed by atoms with Gasteiger partial charge in [-0.15, -0.1) is 0 Å². The topological polar surface area (TPSA) is 44.6 Å². The SMILES string of the molecule is CNc1ccc(/C(C)=N/O)cc1. The number of oxime groups is 1. The molecular formula is C9H12N2O. The molecule has 0 heterocycles. The molecule has 0 atom stereocenters. The summed E-state index contributed by atoms with van der Waals surface area (Å²) in [6, 6.07) is 7.68. The van der Waals surface area contributed by atoms with Crippen LogP contribution in [-0.4, -0.2) is 18.0 Å². The van der Waals surface area contributed by atoms with Gasteiger partial charge in [0.05, 0.1) is 5.71 Å². The zero-order chi connectivity index (χ0) is 8.97. The minimum absolute atomic E-state index is 0.623. The van der Waals surface area contributed by atoms with Crippen LogP contribution in [-0.2, 0) is 0 Å². The fourth-order valence-electron chi connectivity index (χ4n) is 0.936. The summed E-state index contributed by atoms with van der Waals surface area (Å²) in [5.41, 5.74) is 2.60. The first-order valence-corrected chi connectivity index (χ1v) is 3.74. The highest BCUT2D eigenvalue weighted by Gasteiger charge is 1.96. The third kappa shape index (κ3) is 1.75. The predicted octanol–water partition coefficient (Wildman–Crippen LogP) is 1.93. The smallest absolute Gasteiger partial charge is 0.0836 e. The molecule has 2 N–H and O–H groups in total. The molecule has 0 aliphatic carbocycles. The fourth-order valence-corrected chi connectivity index (χ4v) is 0.936. The Labute approximate surface area is 71.7 Å². The fraction of sp³-hybridized carbons (Fsp3) is 0.222. The summed E-state index contributed by atoms with van der Waals surface area (Å²) in [7, 11) is 1.86. The highest BCUT2D eigenvalue weighted by atomic mass is 16.4. The molecule has 1 rings (SSSR count). The Hall–Kier alpha value is -1.51. The molecule has 0 fully saturated rings. The van der Waals surface area contributed by atoms with E-state index in [9.17, 15) is 0 Å². The monoisotopic (exact) mass is 164 g/mol. The van der Waals surface area contributed by atoms with E-state index in [0.29, 0.717) is 5.71 Å². The molecule has 3 heteroatoms. The van der Waals surface area contributed by atoms with Gasteiger partial charge in [0.15, 0.2) is 0 Å². The van der Waals surface area contributed by atoms with E-state index < -0.39 is 0 Å². The van der Waals surface area contributed by atoms with Crippen molar-refractivity contribution in [1.82, 2.24) is 0 Å². The molecule has 0 saturated carbocycles. The van der Waals surface area contributed by atoms with Crippen LogP contribution in [0.25, 0.3) is 0 Å². The van der Waals surface area contributed by atoms with Crippen LogP contribution >= 0.6 is 0 Å². The standard InChI is InChI=1S/C9H12N2O/c1-7(11-12)8-3-5-9(10-2)6-4-8/h3-6,10,12H,1-2H3/b11-7+. The number of benzene rings is 1. The van der Waals surface area contributed by atoms with Gasteiger partial charge in [0.1, 0.15) is 0 Å². The van der Waals surface area contributed by atoms with Gasteiger partial charge in [-0.05, 0) is 24.6 Å². The van der Waals surface area contributed by atoms with Crippen LogP contribution in [0.5, 0.6) is 0 Å². The number of anilines is 1. The Morgan fingerprint density at radius 3 is 2.33 bits per heavy atom. The number of hydrogen-bond acceptors (Lipinski definition) is 3. The first-order chi connectivity index (χ1) is 5.77. The Kier molecular flexibility index (Phi) is 2.69. The van der Waals surface area contributed by atoms with Gasteiger partial charge in [0.25, 0.3) is 0 Å². The summed E-state index contributed by atoms with van der Waals surface area (Å²) < 4.78 is 0. The summed E-state index contributed by atoms with van der Waals surface area (Å²) in [4.78, 5) is 0. The van der Waals surface area contributed by atoms with E-state index >= 15 is 0 Å². The highest BCUT2D eigenvalue weighted by molar-refractivity contribution is 5.98. The minimum atomic E-state index is 0.623. The highest BCUT2D eigenvalue weighted by Crippen LogP contribution is 2.08. The van der Waals surface area contributed by atoms with Crippen molar-refractivity contribution in [3.63, 3.8) is 0 Å². The maximum atomic E-state index is 8.49. The molecule has 0 radical (unpaired) electrons. The summed E-state index contributed by atoms with van der Waals surface area (Å²) in [5.74, 6) is 0. The van der Waals surface area contributed by atoms with Crippen LogP contribution in [0.15, 0.2) is 29.4 Å². The maximum Gasteiger partial charge on any atom is 0.0836 e. The predicted molar refractivity (Wildman–Crippen MR) is 50.0 cm³/mol. The number of nitrogens with one attached hydrogen (secondary N) is 1. The van der Waals surface area contributed by atoms with Gasteiger partial charge < -0.3 is 10.5 Å². The average molecular weight is 164 g/mol. The normalized spacial score (nSPS) is 11.3. The van der Waals surface area contributed by atoms with E-state index in [4.69, 9.17) is 5.21 Å². The molecule has 64 valence electrons. The lowest BCUT2D eigenvalue weighted by molar-refractivity contribution is 0.319. The van der Waals surface area contributed by atoms with E-state index in [0.717, 1.165) is 11.3 Å². The van der Waals surface area contributed by atoms with Crippen molar-refractivity contribution >= 4 is 11.4 Å². The van der Waals surface area contributed by atoms with E-state index in [-0.39, 0.29) is 0 Å². The lowest BCUT2D eigenvalue weighted by Gasteiger charge is -2.01. The number of rotatable bonds is 2. The van der Waals surface area contributed by atoms with Gasteiger partial charge in [-0.2, -0.15) is 0 Å². The molecular weight excluding hydrogens is 152 g/mol. The van der Waals surface area contributed by atoms with E-state index in [1.807, 2.05) is 31.3 Å². The summed E-state index contributed by atoms with van der Waals surface area (Å²) in [5, 5.41) is 14.6. The molecule has 0 spiro atoms. The van der Waals surface area contributed by atoms with Crippen LogP contribution in [0, 0.1) is 0 Å². The Morgan fingerprint density at radius 2 is 1.92 bits per heavy atom. The van der Waals surface area contributed by atoms with Crippen molar-refractivity contribution in [2.45, 2.75) is 6.92 Å². The molecule has 0 saturated heterocycles. The molecule has 0 aromatic heterocycles. The lowest BCUT2D eigenvalue weighted by atomic mass is 10.1. The summed E-state index contributed by atoms with van der Waals surface area (Å²) in [6.07, 6.45) is 0. The van der Waals surface area contributed by atoms with Crippen molar-refractivity contribution in [2.75, 3.05) is 12.4 Å². The zero-order valence-corrected chi connectivity index (χ0v) is 7.20. The van der Waals surface area contributed by atoms with Crippen molar-refractivity contribution in [1.29, 1.82) is 0 Å². The summed E-state index contributed by atoms with van der Waals surface area (Å²) >= 11 is 0. The Bertz CT molecular complexity index is 277. The number of hydrogen-bond donors (Lipinski definition) is 2. The van der Waals surface area contributed by atoms with Crippen LogP contribution in [0.2, 0.25) is 0 Å². The maximum absolute atomic E-state index is 8.49. The van der Waals surface area contributed by atoms with Crippen LogP contribution in [0.3, 0.4) is 0 Å². The average Bonchev–Trinajstić information content (AvgIpc) is 2.17. The third-order valence-electron chi connectivity index (χ3n) is 1.74. The Morgan fingerprint density at radius 1 is 1.33 bits per heavy atom. The van der Waals surface area contributed by atoms with Crippen molar-refractivity contribution in [3.05, 3.63) is 29.8 Å². The Balaban J connectivity index is 2.92. The second kappa shape index (κ2) is 3.76. The van der Waals surface area contributed by atoms with Gasteiger partial charge in [-0.3, -0.25) is 0 Å². The van der Waals surface area contributed by atoms with E-state index in [1.54, 1.807) is 6.92 Å². The van der Waals surface area contributed by atoms with Crippen molar-refractivity contribution < 1.29 is 5.21 Å². The van der Waals surface area contributed by atoms with Crippen LogP contribution in [0.1, 0.15) is 12.5 Å². The first kappa shape index (κ1) is 8.59. The van der Waals surface area contributed by atoms with E-state index in [2.05, 4.69) is 10.5 Å². The number of nitrogens with zero attached hydrogens (tertiary/aromatic N) is 1. The van der Waals surface area contributed by atoms with Gasteiger partial charge in [0.2, 0.25) is 0 Å². The van der Waals surface area contributed by atoms with E-state index in [1.165, 1.54) is 0 Å². The molecule has 12 heavy (non-hydrogen) atoms. The molecule has 0 unspecified atom stereocenters. The lowest BCUT2D eigenvalue weighted by Crippen LogP contribution is -1.94. The van der Waals surface area contributed by atoms with Crippen molar-refractivity contribution in [3.8, 4) is 0 Å². The second-order valence-electron chi connectivity index (χ2n) is 2.51. The molecule has 1 aromatic carbocycles. The van der Waals surface area contributed by atoms with Gasteiger partial charge in [-0.25, -0.2) is 0 Å². The van der Waals surface area contributed by atoms with Crippen LogP contribution in [0.4, 0.5) is 5.69 Å². The quantitative estimate of drug-likeness (QED) is 0.398. The van der Waals surface area contributed by atoms with Gasteiger partial charge >= 0.3 is 0 Å². The molecule has 3 nitrogen and oxygen atoms in total. The summed E-state index contributed by atoms with van der Waals surface area (Å²) in [6.45, 7) is 1.76. The zero-order valence-electron chi connectivity index (χ0n) is 7.20. The van der Waals surface area contributed by atoms with Crippen LogP contribution < -0.4 is 5.32 Å². The molecule has 0 aliphatic heterocycles. The van der Waals surface area contributed by atoms with Gasteiger partial charge in [-0.1, -0.05) is 17.3 Å². The largest absolute Gasteiger partial charge is 0.411 e. The molecule has 1 aromatic rings. The first-order valence-electron chi connectivity index (χ1n) is 3.74. The molecule has 0 bridgehead atoms. The second-order valence-corrected chi connectivity index (χ2v) is 2.51. The minimum Gasteiger partial charge on any atom is -0.411 e. The van der Waals surface area contributed by atoms with Crippen molar-refractivity contribution in [2.24, 2.45) is 5.16 Å². The third-order valence-corrected chi connectivity index (χ3v) is 1.74. The molecule has 0 amide bonds. The molecule has 0 aliphatic rings. The van der Waals surface area contributed by atoms with Gasteiger partial charge in [0, 0.05) is 12.7 Å².